The second kappa shape index (κ2) is 7.70. The summed E-state index contributed by atoms with van der Waals surface area (Å²) in [4.78, 5) is 26.4. The van der Waals surface area contributed by atoms with Gasteiger partial charge in [-0.2, -0.15) is 4.31 Å². The van der Waals surface area contributed by atoms with E-state index in [0.717, 1.165) is 17.4 Å². The summed E-state index contributed by atoms with van der Waals surface area (Å²) < 4.78 is 40.7. The highest BCUT2D eigenvalue weighted by molar-refractivity contribution is 7.91. The van der Waals surface area contributed by atoms with Gasteiger partial charge in [0.05, 0.1) is 11.1 Å². The van der Waals surface area contributed by atoms with E-state index in [0.29, 0.717) is 13.1 Å². The molecule has 0 unspecified atom stereocenters. The molecule has 2 N–H and O–H groups in total. The van der Waals surface area contributed by atoms with Crippen LogP contribution in [0.5, 0.6) is 0 Å². The number of hydrogen-bond acceptors (Lipinski definition) is 6. The number of rotatable bonds is 7. The van der Waals surface area contributed by atoms with Gasteiger partial charge in [0.15, 0.2) is 5.78 Å². The van der Waals surface area contributed by atoms with E-state index in [1.165, 1.54) is 28.6 Å². The van der Waals surface area contributed by atoms with Crippen molar-refractivity contribution in [1.29, 1.82) is 0 Å². The standard InChI is InChI=1S/C18H20FN3O4S2/c1-21(2)11-9-22(10-11)28(25,26)17-7-13(18(20)24)16(27-17)8-15(23)12-5-3-4-6-14(12)19/h3-7,11H,8-10H2,1-2H3,(H2,20,24). The number of Topliss-reactive ketones (excluding diaryl/α,β-unsaturated/α-hetero) is 1. The van der Waals surface area contributed by atoms with Gasteiger partial charge in [-0.1, -0.05) is 12.1 Å². The van der Waals surface area contributed by atoms with Crippen LogP contribution in [0.2, 0.25) is 0 Å². The number of ketones is 1. The minimum Gasteiger partial charge on any atom is -0.366 e. The summed E-state index contributed by atoms with van der Waals surface area (Å²) in [5.41, 5.74) is 5.22. The highest BCUT2D eigenvalue weighted by Gasteiger charge is 2.39. The third-order valence-corrected chi connectivity index (χ3v) is 8.12. The van der Waals surface area contributed by atoms with Crippen LogP contribution in [-0.4, -0.2) is 62.5 Å². The lowest BCUT2D eigenvalue weighted by atomic mass is 10.1. The highest BCUT2D eigenvalue weighted by atomic mass is 32.2. The van der Waals surface area contributed by atoms with Crippen molar-refractivity contribution < 1.29 is 22.4 Å². The van der Waals surface area contributed by atoms with Crippen molar-refractivity contribution in [1.82, 2.24) is 9.21 Å². The van der Waals surface area contributed by atoms with Crippen molar-refractivity contribution >= 4 is 33.1 Å². The monoisotopic (exact) mass is 425 g/mol. The van der Waals surface area contributed by atoms with E-state index in [2.05, 4.69) is 0 Å². The molecule has 1 aromatic carbocycles. The Kier molecular flexibility index (Phi) is 5.67. The van der Waals surface area contributed by atoms with Crippen molar-refractivity contribution in [2.75, 3.05) is 27.2 Å². The number of halogens is 1. The number of nitrogens with zero attached hydrogens (tertiary/aromatic N) is 2. The fourth-order valence-electron chi connectivity index (χ4n) is 2.87. The molecule has 0 spiro atoms. The van der Waals surface area contributed by atoms with Gasteiger partial charge in [-0.3, -0.25) is 9.59 Å². The molecule has 1 fully saturated rings. The zero-order valence-corrected chi connectivity index (χ0v) is 17.0. The zero-order valence-electron chi connectivity index (χ0n) is 15.4. The third-order valence-electron chi connectivity index (χ3n) is 4.70. The number of carbonyl (C=O) groups excluding carboxylic acids is 2. The summed E-state index contributed by atoms with van der Waals surface area (Å²) in [6, 6.07) is 6.83. The molecule has 0 bridgehead atoms. The highest BCUT2D eigenvalue weighted by Crippen LogP contribution is 2.32. The van der Waals surface area contributed by atoms with Crippen LogP contribution in [0.1, 0.15) is 25.6 Å². The van der Waals surface area contributed by atoms with Crippen molar-refractivity contribution in [3.8, 4) is 0 Å². The largest absolute Gasteiger partial charge is 0.366 e. The second-order valence-corrected chi connectivity index (χ2v) is 10.1. The SMILES string of the molecule is CN(C)C1CN(S(=O)(=O)c2cc(C(N)=O)c(CC(=O)c3ccccc3F)s2)C1. The number of nitrogens with two attached hydrogens (primary N) is 1. The maximum atomic E-state index is 13.8. The molecule has 3 rings (SSSR count). The molecule has 28 heavy (non-hydrogen) atoms. The fourth-order valence-corrected chi connectivity index (χ4v) is 6.06. The number of hydrogen-bond donors (Lipinski definition) is 1. The second-order valence-electron chi connectivity index (χ2n) is 6.79. The molecule has 0 atom stereocenters. The van der Waals surface area contributed by atoms with E-state index in [4.69, 9.17) is 5.73 Å². The molecule has 0 saturated carbocycles. The van der Waals surface area contributed by atoms with Crippen molar-refractivity contribution in [3.05, 3.63) is 52.2 Å². The summed E-state index contributed by atoms with van der Waals surface area (Å²) in [6.07, 6.45) is -0.306. The number of likely N-dealkylation sites (N-methyl/N-ethyl adjacent to an activating group) is 1. The maximum Gasteiger partial charge on any atom is 0.252 e. The van der Waals surface area contributed by atoms with Crippen LogP contribution in [0, 0.1) is 5.82 Å². The molecule has 0 radical (unpaired) electrons. The molecular formula is C18H20FN3O4S2. The molecular weight excluding hydrogens is 405 g/mol. The molecule has 1 aromatic heterocycles. The van der Waals surface area contributed by atoms with Crippen LogP contribution >= 0.6 is 11.3 Å². The Balaban J connectivity index is 1.87. The van der Waals surface area contributed by atoms with Crippen molar-refractivity contribution in [3.63, 3.8) is 0 Å². The predicted octanol–water partition coefficient (Wildman–Crippen LogP) is 1.35. The third kappa shape index (κ3) is 3.86. The van der Waals surface area contributed by atoms with Crippen LogP contribution in [0.15, 0.2) is 34.5 Å². The Hall–Kier alpha value is -2.14. The number of amides is 1. The first kappa shape index (κ1) is 20.6. The minimum absolute atomic E-state index is 0.0297. The first-order valence-electron chi connectivity index (χ1n) is 8.48. The van der Waals surface area contributed by atoms with Gasteiger partial charge in [-0.25, -0.2) is 12.8 Å². The number of carbonyl (C=O) groups is 2. The average Bonchev–Trinajstić information content (AvgIpc) is 2.98. The Morgan fingerprint density at radius 1 is 1.25 bits per heavy atom. The maximum absolute atomic E-state index is 13.8. The summed E-state index contributed by atoms with van der Waals surface area (Å²) in [5, 5.41) is 0. The molecule has 2 aromatic rings. The van der Waals surface area contributed by atoms with Crippen LogP contribution < -0.4 is 5.73 Å². The number of sulfonamides is 1. The molecule has 1 amide bonds. The molecule has 2 heterocycles. The van der Waals surface area contributed by atoms with Crippen LogP contribution in [0.25, 0.3) is 0 Å². The number of benzene rings is 1. The summed E-state index contributed by atoms with van der Waals surface area (Å²) in [6.45, 7) is 0.700. The minimum atomic E-state index is -3.78. The fraction of sp³-hybridized carbons (Fsp3) is 0.333. The zero-order chi connectivity index (χ0) is 20.6. The molecule has 0 aliphatic carbocycles. The Bertz CT molecular complexity index is 1030. The van der Waals surface area contributed by atoms with E-state index in [-0.39, 0.29) is 32.7 Å². The van der Waals surface area contributed by atoms with Gasteiger partial charge in [0, 0.05) is 30.4 Å². The van der Waals surface area contributed by atoms with E-state index in [1.54, 1.807) is 0 Å². The van der Waals surface area contributed by atoms with Gasteiger partial charge in [0.1, 0.15) is 10.0 Å². The topological polar surface area (TPSA) is 101 Å². The molecule has 1 aliphatic heterocycles. The molecule has 150 valence electrons. The number of primary amides is 1. The van der Waals surface area contributed by atoms with Gasteiger partial charge in [0.25, 0.3) is 10.0 Å². The average molecular weight is 426 g/mol. The Labute approximate surface area is 166 Å². The van der Waals surface area contributed by atoms with Crippen molar-refractivity contribution in [2.24, 2.45) is 5.73 Å². The van der Waals surface area contributed by atoms with Gasteiger partial charge in [0.2, 0.25) is 5.91 Å². The van der Waals surface area contributed by atoms with Crippen LogP contribution in [0.3, 0.4) is 0 Å². The van der Waals surface area contributed by atoms with E-state index in [1.807, 2.05) is 19.0 Å². The Morgan fingerprint density at radius 2 is 1.89 bits per heavy atom. The first-order chi connectivity index (χ1) is 13.1. The van der Waals surface area contributed by atoms with Crippen LogP contribution in [-0.2, 0) is 16.4 Å². The summed E-state index contributed by atoms with van der Waals surface area (Å²) in [7, 11) is -0.0356. The lowest BCUT2D eigenvalue weighted by Gasteiger charge is -2.41. The van der Waals surface area contributed by atoms with Gasteiger partial charge < -0.3 is 10.6 Å². The van der Waals surface area contributed by atoms with Gasteiger partial charge >= 0.3 is 0 Å². The molecule has 1 aliphatic rings. The Morgan fingerprint density at radius 3 is 2.46 bits per heavy atom. The lowest BCUT2D eigenvalue weighted by Crippen LogP contribution is -2.58. The van der Waals surface area contributed by atoms with Crippen LogP contribution in [0.4, 0.5) is 4.39 Å². The normalized spacial score (nSPS) is 15.6. The smallest absolute Gasteiger partial charge is 0.252 e. The van der Waals surface area contributed by atoms with Gasteiger partial charge in [-0.15, -0.1) is 11.3 Å². The first-order valence-corrected chi connectivity index (χ1v) is 10.7. The van der Waals surface area contributed by atoms with Crippen molar-refractivity contribution in [2.45, 2.75) is 16.7 Å². The summed E-state index contributed by atoms with van der Waals surface area (Å²) >= 11 is 0.823. The quantitative estimate of drug-likeness (QED) is 0.675. The molecule has 1 saturated heterocycles. The number of thiophene rings is 1. The van der Waals surface area contributed by atoms with E-state index >= 15 is 0 Å². The van der Waals surface area contributed by atoms with E-state index in [9.17, 15) is 22.4 Å². The molecule has 10 heteroatoms. The molecule has 7 nitrogen and oxygen atoms in total. The van der Waals surface area contributed by atoms with E-state index < -0.39 is 27.5 Å². The van der Waals surface area contributed by atoms with Gasteiger partial charge in [-0.05, 0) is 32.3 Å². The summed E-state index contributed by atoms with van der Waals surface area (Å²) in [5.74, 6) is -2.06. The lowest BCUT2D eigenvalue weighted by molar-refractivity contribution is 0.0989. The predicted molar refractivity (Wildman–Crippen MR) is 104 cm³/mol.